The highest BCUT2D eigenvalue weighted by Crippen LogP contribution is 2.37. The molecule has 0 aromatic heterocycles. The van der Waals surface area contributed by atoms with Crippen LogP contribution in [0.25, 0.3) is 0 Å². The van der Waals surface area contributed by atoms with E-state index in [1.54, 1.807) is 7.11 Å². The Morgan fingerprint density at radius 2 is 1.74 bits per heavy atom. The van der Waals surface area contributed by atoms with Crippen LogP contribution in [0.4, 0.5) is 8.78 Å². The van der Waals surface area contributed by atoms with Crippen LogP contribution in [-0.2, 0) is 32.0 Å². The first-order valence-corrected chi connectivity index (χ1v) is 13.1. The Morgan fingerprint density at radius 1 is 1.08 bits per heavy atom. The lowest BCUT2D eigenvalue weighted by Gasteiger charge is -2.47. The SMILES string of the molecule is COC1CN(C(=O)[C@@H](c2ccc(F)cc2F)N2C(=O)[C@@H](C3Cc4ccccc4C3)NC(=O)[C@H]2CC(C)C)C1. The lowest BCUT2D eigenvalue weighted by Crippen LogP contribution is -2.68. The van der Waals surface area contributed by atoms with E-state index < -0.39 is 41.6 Å². The molecule has 0 saturated carbocycles. The summed E-state index contributed by atoms with van der Waals surface area (Å²) in [6.45, 7) is 4.42. The summed E-state index contributed by atoms with van der Waals surface area (Å²) < 4.78 is 34.4. The second-order valence-corrected chi connectivity index (χ2v) is 11.0. The van der Waals surface area contributed by atoms with Gasteiger partial charge in [-0.3, -0.25) is 14.4 Å². The molecule has 7 nitrogen and oxygen atoms in total. The van der Waals surface area contributed by atoms with Gasteiger partial charge in [-0.1, -0.05) is 44.2 Å². The average Bonchev–Trinajstić information content (AvgIpc) is 3.27. The Labute approximate surface area is 221 Å². The zero-order chi connectivity index (χ0) is 27.1. The maximum Gasteiger partial charge on any atom is 0.250 e. The predicted molar refractivity (Wildman–Crippen MR) is 136 cm³/mol. The maximum absolute atomic E-state index is 15.3. The van der Waals surface area contributed by atoms with Gasteiger partial charge in [-0.25, -0.2) is 8.78 Å². The molecule has 1 N–H and O–H groups in total. The fourth-order valence-electron chi connectivity index (χ4n) is 5.94. The molecular formula is C29H33F2N3O4. The molecule has 2 fully saturated rings. The number of rotatable bonds is 7. The number of halogens is 2. The van der Waals surface area contributed by atoms with Crippen LogP contribution in [0.1, 0.15) is 43.0 Å². The van der Waals surface area contributed by atoms with E-state index in [4.69, 9.17) is 4.74 Å². The predicted octanol–water partition coefficient (Wildman–Crippen LogP) is 3.02. The fourth-order valence-corrected chi connectivity index (χ4v) is 5.94. The summed E-state index contributed by atoms with van der Waals surface area (Å²) in [5.74, 6) is -3.18. The van der Waals surface area contributed by atoms with Gasteiger partial charge in [0.15, 0.2) is 0 Å². The molecule has 2 aromatic carbocycles. The molecule has 38 heavy (non-hydrogen) atoms. The Hall–Kier alpha value is -3.33. The molecule has 2 heterocycles. The fraction of sp³-hybridized carbons (Fsp3) is 0.483. The summed E-state index contributed by atoms with van der Waals surface area (Å²) in [7, 11) is 1.55. The highest BCUT2D eigenvalue weighted by atomic mass is 19.1. The Morgan fingerprint density at radius 3 is 2.32 bits per heavy atom. The van der Waals surface area contributed by atoms with Crippen LogP contribution in [0.15, 0.2) is 42.5 Å². The molecule has 0 spiro atoms. The molecule has 3 amide bonds. The van der Waals surface area contributed by atoms with Crippen molar-refractivity contribution in [3.63, 3.8) is 0 Å². The van der Waals surface area contributed by atoms with Crippen LogP contribution in [0.2, 0.25) is 0 Å². The molecule has 3 atom stereocenters. The van der Waals surface area contributed by atoms with E-state index in [1.165, 1.54) is 15.9 Å². The molecule has 2 aliphatic heterocycles. The smallest absolute Gasteiger partial charge is 0.250 e. The summed E-state index contributed by atoms with van der Waals surface area (Å²) in [5, 5.41) is 2.94. The minimum atomic E-state index is -1.40. The number of fused-ring (bicyclic) bond motifs is 1. The summed E-state index contributed by atoms with van der Waals surface area (Å²) in [6, 6.07) is 7.67. The third kappa shape index (κ3) is 4.79. The number of nitrogens with zero attached hydrogens (tertiary/aromatic N) is 2. The Balaban J connectivity index is 1.55. The van der Waals surface area contributed by atoms with Gasteiger partial charge in [0.1, 0.15) is 29.8 Å². The molecule has 2 saturated heterocycles. The van der Waals surface area contributed by atoms with Crippen molar-refractivity contribution in [2.24, 2.45) is 11.8 Å². The topological polar surface area (TPSA) is 79.0 Å². The van der Waals surface area contributed by atoms with Gasteiger partial charge in [0.2, 0.25) is 17.7 Å². The molecule has 5 rings (SSSR count). The highest BCUT2D eigenvalue weighted by molar-refractivity contribution is 6.00. The van der Waals surface area contributed by atoms with Crippen LogP contribution >= 0.6 is 0 Å². The summed E-state index contributed by atoms with van der Waals surface area (Å²) in [4.78, 5) is 44.5. The number of likely N-dealkylation sites (tertiary alicyclic amines) is 1. The van der Waals surface area contributed by atoms with Crippen LogP contribution in [0, 0.1) is 23.5 Å². The van der Waals surface area contributed by atoms with E-state index in [0.29, 0.717) is 38.4 Å². The number of hydrogen-bond acceptors (Lipinski definition) is 4. The van der Waals surface area contributed by atoms with Crippen molar-refractivity contribution in [3.05, 3.63) is 70.8 Å². The average molecular weight is 526 g/mol. The second kappa shape index (κ2) is 10.4. The normalized spacial score (nSPS) is 22.9. The summed E-state index contributed by atoms with van der Waals surface area (Å²) >= 11 is 0. The van der Waals surface area contributed by atoms with Crippen molar-refractivity contribution in [2.45, 2.75) is 57.3 Å². The van der Waals surface area contributed by atoms with Gasteiger partial charge >= 0.3 is 0 Å². The van der Waals surface area contributed by atoms with Crippen LogP contribution in [-0.4, -0.2) is 65.9 Å². The first-order chi connectivity index (χ1) is 18.2. The molecule has 0 radical (unpaired) electrons. The van der Waals surface area contributed by atoms with Crippen molar-refractivity contribution >= 4 is 17.7 Å². The second-order valence-electron chi connectivity index (χ2n) is 11.0. The quantitative estimate of drug-likeness (QED) is 0.603. The molecule has 9 heteroatoms. The van der Waals surface area contributed by atoms with Crippen molar-refractivity contribution in [2.75, 3.05) is 20.2 Å². The number of benzene rings is 2. The number of carbonyl (C=O) groups excluding carboxylic acids is 3. The number of carbonyl (C=O) groups is 3. The van der Waals surface area contributed by atoms with E-state index in [-0.39, 0.29) is 29.4 Å². The number of piperazine rings is 1. The Bertz CT molecular complexity index is 1220. The van der Waals surface area contributed by atoms with E-state index >= 15 is 4.39 Å². The van der Waals surface area contributed by atoms with Gasteiger partial charge in [0.05, 0.1) is 6.10 Å². The third-order valence-corrected chi connectivity index (χ3v) is 7.97. The standard InChI is InChI=1S/C29H33F2N3O4/c1-16(2)10-24-27(35)32-25(19-11-17-6-4-5-7-18(17)12-19)28(36)34(24)26(22-9-8-20(30)13-23(22)31)29(37)33-14-21(15-33)38-3/h4-9,13,16,19,21,24-26H,10-12,14-15H2,1-3H3,(H,32,35)/t24-,25-,26-/m1/s1. The molecule has 0 bridgehead atoms. The van der Waals surface area contributed by atoms with Gasteiger partial charge in [-0.2, -0.15) is 0 Å². The molecule has 2 aromatic rings. The lowest BCUT2D eigenvalue weighted by molar-refractivity contribution is -0.164. The largest absolute Gasteiger partial charge is 0.378 e. The van der Waals surface area contributed by atoms with Crippen molar-refractivity contribution < 1.29 is 27.9 Å². The van der Waals surface area contributed by atoms with E-state index in [0.717, 1.165) is 17.2 Å². The minimum Gasteiger partial charge on any atom is -0.378 e. The van der Waals surface area contributed by atoms with Crippen molar-refractivity contribution in [3.8, 4) is 0 Å². The zero-order valence-electron chi connectivity index (χ0n) is 21.8. The van der Waals surface area contributed by atoms with Gasteiger partial charge < -0.3 is 19.9 Å². The maximum atomic E-state index is 15.3. The van der Waals surface area contributed by atoms with Crippen LogP contribution < -0.4 is 5.32 Å². The van der Waals surface area contributed by atoms with Crippen molar-refractivity contribution in [1.29, 1.82) is 0 Å². The monoisotopic (exact) mass is 525 g/mol. The summed E-state index contributed by atoms with van der Waals surface area (Å²) in [5.41, 5.74) is 2.13. The van der Waals surface area contributed by atoms with Gasteiger partial charge in [0.25, 0.3) is 0 Å². The number of ether oxygens (including phenoxy) is 1. The first kappa shape index (κ1) is 26.3. The number of nitrogens with one attached hydrogen (secondary N) is 1. The summed E-state index contributed by atoms with van der Waals surface area (Å²) in [6.07, 6.45) is 1.36. The molecule has 0 unspecified atom stereocenters. The molecule has 3 aliphatic rings. The van der Waals surface area contributed by atoms with E-state index in [2.05, 4.69) is 5.32 Å². The van der Waals surface area contributed by atoms with Crippen LogP contribution in [0.3, 0.4) is 0 Å². The Kier molecular flexibility index (Phi) is 7.22. The van der Waals surface area contributed by atoms with E-state index in [9.17, 15) is 18.8 Å². The number of methoxy groups -OCH3 is 1. The molecule has 202 valence electrons. The van der Waals surface area contributed by atoms with Gasteiger partial charge in [-0.15, -0.1) is 0 Å². The highest BCUT2D eigenvalue weighted by Gasteiger charge is 2.51. The van der Waals surface area contributed by atoms with Crippen molar-refractivity contribution in [1.82, 2.24) is 15.1 Å². The zero-order valence-corrected chi connectivity index (χ0v) is 21.8. The van der Waals surface area contributed by atoms with Gasteiger partial charge in [0, 0.05) is 31.8 Å². The number of amides is 3. The van der Waals surface area contributed by atoms with E-state index in [1.807, 2.05) is 38.1 Å². The molecule has 1 aliphatic carbocycles. The van der Waals surface area contributed by atoms with Crippen LogP contribution in [0.5, 0.6) is 0 Å². The van der Waals surface area contributed by atoms with Gasteiger partial charge in [-0.05, 0) is 48.3 Å². The number of hydrogen-bond donors (Lipinski definition) is 1. The lowest BCUT2D eigenvalue weighted by atomic mass is 9.87. The molecular weight excluding hydrogens is 492 g/mol. The third-order valence-electron chi connectivity index (χ3n) is 7.97. The minimum absolute atomic E-state index is 0.0176. The first-order valence-electron chi connectivity index (χ1n) is 13.1.